The van der Waals surface area contributed by atoms with E-state index < -0.39 is 0 Å². The third-order valence-electron chi connectivity index (χ3n) is 5.89. The van der Waals surface area contributed by atoms with Crippen molar-refractivity contribution in [1.29, 1.82) is 0 Å². The summed E-state index contributed by atoms with van der Waals surface area (Å²) in [6.45, 7) is 0. The molecule has 4 rings (SSSR count). The number of rotatable bonds is 6. The van der Waals surface area contributed by atoms with Crippen LogP contribution in [0.3, 0.4) is 0 Å². The van der Waals surface area contributed by atoms with Gasteiger partial charge >= 0.3 is 0 Å². The fraction of sp³-hybridized carbons (Fsp3) is 0.435. The molecule has 0 radical (unpaired) electrons. The van der Waals surface area contributed by atoms with Gasteiger partial charge in [-0.1, -0.05) is 42.6 Å². The first-order chi connectivity index (χ1) is 13.1. The molecule has 1 amide bonds. The number of carbonyl (C=O) groups is 1. The maximum Gasteiger partial charge on any atom is 0.232 e. The molecule has 4 heteroatoms. The van der Waals surface area contributed by atoms with E-state index in [1.165, 1.54) is 18.9 Å². The second-order valence-corrected chi connectivity index (χ2v) is 8.46. The van der Waals surface area contributed by atoms with Gasteiger partial charge in [-0.3, -0.25) is 4.79 Å². The molecule has 2 aromatic carbocycles. The Labute approximate surface area is 165 Å². The van der Waals surface area contributed by atoms with E-state index in [-0.39, 0.29) is 17.6 Å². The summed E-state index contributed by atoms with van der Waals surface area (Å²) in [6, 6.07) is 12.6. The lowest BCUT2D eigenvalue weighted by Gasteiger charge is -2.23. The Morgan fingerprint density at radius 3 is 2.44 bits per heavy atom. The van der Waals surface area contributed by atoms with Gasteiger partial charge in [0.25, 0.3) is 0 Å². The second-order valence-electron chi connectivity index (χ2n) is 8.02. The number of anilines is 1. The first-order valence-electron chi connectivity index (χ1n) is 9.95. The summed E-state index contributed by atoms with van der Waals surface area (Å²) in [7, 11) is 0. The molecule has 2 saturated carbocycles. The standard InChI is InChI=1S/C23H25ClFNO/c24-19-10-8-18(9-11-19)22(17-3-1-2-4-17)23(27)26-21-14-16(7-12-20(21)25)13-15-5-6-15/h7-12,14-15,17,22H,1-6,13H2,(H,26,27). The molecule has 27 heavy (non-hydrogen) atoms. The van der Waals surface area contributed by atoms with Crippen molar-refractivity contribution >= 4 is 23.2 Å². The molecule has 1 unspecified atom stereocenters. The second kappa shape index (κ2) is 8.02. The van der Waals surface area contributed by atoms with Gasteiger partial charge in [0.05, 0.1) is 11.6 Å². The Morgan fingerprint density at radius 1 is 1.07 bits per heavy atom. The van der Waals surface area contributed by atoms with Crippen LogP contribution in [-0.4, -0.2) is 5.91 Å². The number of halogens is 2. The molecule has 2 nitrogen and oxygen atoms in total. The normalized spacial score (nSPS) is 18.4. The van der Waals surface area contributed by atoms with Gasteiger partial charge in [0.1, 0.15) is 5.82 Å². The molecular weight excluding hydrogens is 361 g/mol. The molecule has 2 aliphatic carbocycles. The fourth-order valence-corrected chi connectivity index (χ4v) is 4.39. The van der Waals surface area contributed by atoms with E-state index in [1.54, 1.807) is 6.07 Å². The number of amides is 1. The van der Waals surface area contributed by atoms with Crippen LogP contribution in [-0.2, 0) is 11.2 Å². The van der Waals surface area contributed by atoms with Crippen LogP contribution >= 0.6 is 11.6 Å². The van der Waals surface area contributed by atoms with Crippen LogP contribution in [0, 0.1) is 17.7 Å². The van der Waals surface area contributed by atoms with E-state index in [0.29, 0.717) is 16.6 Å². The Balaban J connectivity index is 1.57. The van der Waals surface area contributed by atoms with Crippen LogP contribution in [0.2, 0.25) is 5.02 Å². The van der Waals surface area contributed by atoms with E-state index in [2.05, 4.69) is 5.32 Å². The highest BCUT2D eigenvalue weighted by molar-refractivity contribution is 6.30. The first-order valence-corrected chi connectivity index (χ1v) is 10.3. The van der Waals surface area contributed by atoms with Gasteiger partial charge < -0.3 is 5.32 Å². The van der Waals surface area contributed by atoms with Crippen molar-refractivity contribution in [2.45, 2.75) is 50.9 Å². The minimum Gasteiger partial charge on any atom is -0.323 e. The molecule has 0 heterocycles. The molecule has 2 aliphatic rings. The number of hydrogen-bond donors (Lipinski definition) is 1. The van der Waals surface area contributed by atoms with Crippen molar-refractivity contribution in [3.05, 3.63) is 64.4 Å². The van der Waals surface area contributed by atoms with E-state index in [1.807, 2.05) is 30.3 Å². The number of nitrogens with one attached hydrogen (secondary N) is 1. The predicted molar refractivity (Wildman–Crippen MR) is 108 cm³/mol. The highest BCUT2D eigenvalue weighted by Crippen LogP contribution is 2.39. The minimum atomic E-state index is -0.371. The van der Waals surface area contributed by atoms with E-state index in [9.17, 15) is 9.18 Å². The molecule has 0 spiro atoms. The minimum absolute atomic E-state index is 0.119. The molecule has 1 N–H and O–H groups in total. The van der Waals surface area contributed by atoms with Crippen LogP contribution in [0.15, 0.2) is 42.5 Å². The van der Waals surface area contributed by atoms with Crippen LogP contribution in [0.1, 0.15) is 55.6 Å². The number of carbonyl (C=O) groups excluding carboxylic acids is 1. The summed E-state index contributed by atoms with van der Waals surface area (Å²) in [5, 5.41) is 3.54. The number of benzene rings is 2. The van der Waals surface area contributed by atoms with Gasteiger partial charge in [-0.25, -0.2) is 4.39 Å². The lowest BCUT2D eigenvalue weighted by atomic mass is 9.84. The summed E-state index contributed by atoms with van der Waals surface area (Å²) >= 11 is 6.02. The zero-order valence-corrected chi connectivity index (χ0v) is 16.1. The maximum absolute atomic E-state index is 14.3. The highest BCUT2D eigenvalue weighted by Gasteiger charge is 2.32. The van der Waals surface area contributed by atoms with Crippen molar-refractivity contribution in [3.8, 4) is 0 Å². The molecule has 0 bridgehead atoms. The SMILES string of the molecule is O=C(Nc1cc(CC2CC2)ccc1F)C(c1ccc(Cl)cc1)C1CCCC1. The fourth-order valence-electron chi connectivity index (χ4n) is 4.26. The third kappa shape index (κ3) is 4.52. The molecule has 0 saturated heterocycles. The molecule has 2 fully saturated rings. The monoisotopic (exact) mass is 385 g/mol. The van der Waals surface area contributed by atoms with Crippen LogP contribution in [0.4, 0.5) is 10.1 Å². The molecule has 2 aromatic rings. The number of hydrogen-bond acceptors (Lipinski definition) is 1. The van der Waals surface area contributed by atoms with Crippen molar-refractivity contribution < 1.29 is 9.18 Å². The van der Waals surface area contributed by atoms with Crippen LogP contribution in [0.25, 0.3) is 0 Å². The van der Waals surface area contributed by atoms with Gasteiger partial charge in [0.15, 0.2) is 0 Å². The third-order valence-corrected chi connectivity index (χ3v) is 6.14. The Morgan fingerprint density at radius 2 is 1.78 bits per heavy atom. The van der Waals surface area contributed by atoms with Gasteiger partial charge in [0, 0.05) is 5.02 Å². The molecule has 142 valence electrons. The Kier molecular flexibility index (Phi) is 5.49. The van der Waals surface area contributed by atoms with Gasteiger partial charge in [-0.15, -0.1) is 0 Å². The summed E-state index contributed by atoms with van der Waals surface area (Å²) in [5.74, 6) is 0.260. The van der Waals surface area contributed by atoms with Crippen molar-refractivity contribution in [2.24, 2.45) is 11.8 Å². The first kappa shape index (κ1) is 18.5. The summed E-state index contributed by atoms with van der Waals surface area (Å²) in [5.41, 5.74) is 2.35. The van der Waals surface area contributed by atoms with E-state index in [4.69, 9.17) is 11.6 Å². The predicted octanol–water partition coefficient (Wildman–Crippen LogP) is 6.34. The smallest absolute Gasteiger partial charge is 0.232 e. The summed E-state index contributed by atoms with van der Waals surface area (Å²) in [4.78, 5) is 13.2. The average molecular weight is 386 g/mol. The summed E-state index contributed by atoms with van der Waals surface area (Å²) in [6.07, 6.45) is 7.82. The Bertz CT molecular complexity index is 810. The molecule has 0 aromatic heterocycles. The Hall–Kier alpha value is -1.87. The highest BCUT2D eigenvalue weighted by atomic mass is 35.5. The largest absolute Gasteiger partial charge is 0.323 e. The van der Waals surface area contributed by atoms with Crippen LogP contribution < -0.4 is 5.32 Å². The molecule has 1 atom stereocenters. The maximum atomic E-state index is 14.3. The van der Waals surface area contributed by atoms with Crippen molar-refractivity contribution in [3.63, 3.8) is 0 Å². The van der Waals surface area contributed by atoms with E-state index in [0.717, 1.165) is 49.1 Å². The van der Waals surface area contributed by atoms with E-state index >= 15 is 0 Å². The topological polar surface area (TPSA) is 29.1 Å². The molecule has 0 aliphatic heterocycles. The zero-order chi connectivity index (χ0) is 18.8. The lowest BCUT2D eigenvalue weighted by Crippen LogP contribution is -2.27. The van der Waals surface area contributed by atoms with Crippen LogP contribution in [0.5, 0.6) is 0 Å². The van der Waals surface area contributed by atoms with Gasteiger partial charge in [0.2, 0.25) is 5.91 Å². The van der Waals surface area contributed by atoms with Crippen molar-refractivity contribution in [2.75, 3.05) is 5.32 Å². The van der Waals surface area contributed by atoms with Crippen molar-refractivity contribution in [1.82, 2.24) is 0 Å². The molecular formula is C23H25ClFNO. The van der Waals surface area contributed by atoms with Gasteiger partial charge in [-0.2, -0.15) is 0 Å². The average Bonchev–Trinajstić information content (AvgIpc) is 3.31. The lowest BCUT2D eigenvalue weighted by molar-refractivity contribution is -0.118. The quantitative estimate of drug-likeness (QED) is 0.617. The van der Waals surface area contributed by atoms with Gasteiger partial charge in [-0.05, 0) is 79.3 Å². The zero-order valence-electron chi connectivity index (χ0n) is 15.4. The summed E-state index contributed by atoms with van der Waals surface area (Å²) < 4.78 is 14.3.